The molecule has 0 aliphatic heterocycles. The quantitative estimate of drug-likeness (QED) is 0.288. The topological polar surface area (TPSA) is 94.0 Å². The maximum absolute atomic E-state index is 13.2. The zero-order valence-electron chi connectivity index (χ0n) is 17.0. The lowest BCUT2D eigenvalue weighted by atomic mass is 10.2. The van der Waals surface area contributed by atoms with Crippen LogP contribution in [0.5, 0.6) is 5.75 Å². The molecule has 2 aromatic carbocycles. The summed E-state index contributed by atoms with van der Waals surface area (Å²) in [5, 5.41) is 10.7. The van der Waals surface area contributed by atoms with E-state index in [0.717, 1.165) is 17.3 Å². The molecule has 0 aliphatic carbocycles. The number of ether oxygens (including phenoxy) is 1. The van der Waals surface area contributed by atoms with Crippen LogP contribution in [0.4, 0.5) is 21.7 Å². The number of rotatable bonds is 9. The van der Waals surface area contributed by atoms with E-state index in [9.17, 15) is 9.18 Å². The van der Waals surface area contributed by atoms with E-state index in [-0.39, 0.29) is 12.5 Å². The molecule has 32 heavy (non-hydrogen) atoms. The summed E-state index contributed by atoms with van der Waals surface area (Å²) in [4.78, 5) is 21.0. The number of alkyl halides is 1. The molecule has 0 fully saturated rings. The van der Waals surface area contributed by atoms with Crippen molar-refractivity contribution in [2.24, 2.45) is 0 Å². The van der Waals surface area contributed by atoms with Gasteiger partial charge in [0.05, 0.1) is 24.0 Å². The van der Waals surface area contributed by atoms with Crippen molar-refractivity contribution in [3.63, 3.8) is 0 Å². The summed E-state index contributed by atoms with van der Waals surface area (Å²) in [6.45, 7) is 0.511. The summed E-state index contributed by atoms with van der Waals surface area (Å²) in [5.74, 6) is 0.902. The number of carbonyl (C=O) groups excluding carboxylic acids is 1. The third-order valence-corrected chi connectivity index (χ3v) is 4.67. The first kappa shape index (κ1) is 21.5. The lowest BCUT2D eigenvalue weighted by Gasteiger charge is -2.07. The second-order valence-electron chi connectivity index (χ2n) is 6.92. The van der Waals surface area contributed by atoms with Crippen LogP contribution in [0.15, 0.2) is 61.1 Å². The van der Waals surface area contributed by atoms with Crippen molar-refractivity contribution in [3.05, 3.63) is 66.9 Å². The number of anilines is 3. The van der Waals surface area contributed by atoms with Crippen molar-refractivity contribution >= 4 is 45.7 Å². The number of amides is 1. The number of fused-ring (bicyclic) bond motifs is 1. The second kappa shape index (κ2) is 10.1. The molecule has 8 nitrogen and oxygen atoms in total. The van der Waals surface area contributed by atoms with Crippen molar-refractivity contribution in [1.29, 1.82) is 0 Å². The smallest absolute Gasteiger partial charge is 0.246 e. The molecule has 4 aromatic rings. The Morgan fingerprint density at radius 1 is 1.16 bits per heavy atom. The van der Waals surface area contributed by atoms with Gasteiger partial charge >= 0.3 is 0 Å². The largest absolute Gasteiger partial charge is 0.493 e. The fourth-order valence-corrected chi connectivity index (χ4v) is 3.06. The minimum Gasteiger partial charge on any atom is -0.493 e. The average molecular weight is 455 g/mol. The van der Waals surface area contributed by atoms with E-state index in [1.807, 2.05) is 18.2 Å². The van der Waals surface area contributed by atoms with Crippen LogP contribution in [-0.4, -0.2) is 38.1 Å². The van der Waals surface area contributed by atoms with Crippen LogP contribution in [0.1, 0.15) is 6.42 Å². The Kier molecular flexibility index (Phi) is 6.76. The van der Waals surface area contributed by atoms with Crippen molar-refractivity contribution < 1.29 is 13.9 Å². The minimum atomic E-state index is -0.419. The Morgan fingerprint density at radius 2 is 2.06 bits per heavy atom. The predicted molar refractivity (Wildman–Crippen MR) is 121 cm³/mol. The first-order valence-corrected chi connectivity index (χ1v) is 10.4. The lowest BCUT2D eigenvalue weighted by molar-refractivity contribution is -0.116. The third kappa shape index (κ3) is 5.70. The number of benzene rings is 2. The molecule has 0 radical (unpaired) electrons. The highest BCUT2D eigenvalue weighted by Gasteiger charge is 2.08. The maximum atomic E-state index is 13.2. The van der Waals surface area contributed by atoms with E-state index >= 15 is 0 Å². The molecule has 2 aromatic heterocycles. The van der Waals surface area contributed by atoms with Gasteiger partial charge in [0.2, 0.25) is 11.9 Å². The van der Waals surface area contributed by atoms with Crippen LogP contribution in [0.25, 0.3) is 10.9 Å². The molecule has 10 heteroatoms. The van der Waals surface area contributed by atoms with Crippen LogP contribution in [0, 0.1) is 5.82 Å². The SMILES string of the molecule is O=C(Cn1cc(Nc2ncc3ccc(OCCCCl)cc3n2)cn1)Nc1cccc(F)c1. The fraction of sp³-hybridized carbons (Fsp3) is 0.182. The molecule has 2 heterocycles. The van der Waals surface area contributed by atoms with Crippen LogP contribution < -0.4 is 15.4 Å². The Hall–Kier alpha value is -3.72. The minimum absolute atomic E-state index is 0.0280. The number of hydrogen-bond donors (Lipinski definition) is 2. The first-order valence-electron chi connectivity index (χ1n) is 9.89. The molecule has 0 aliphatic rings. The highest BCUT2D eigenvalue weighted by atomic mass is 35.5. The molecule has 0 saturated carbocycles. The highest BCUT2D eigenvalue weighted by Crippen LogP contribution is 2.21. The summed E-state index contributed by atoms with van der Waals surface area (Å²) in [5.41, 5.74) is 1.74. The molecule has 4 rings (SSSR count). The van der Waals surface area contributed by atoms with Crippen molar-refractivity contribution in [1.82, 2.24) is 19.7 Å². The number of nitrogens with one attached hydrogen (secondary N) is 2. The molecule has 164 valence electrons. The van der Waals surface area contributed by atoms with E-state index in [4.69, 9.17) is 16.3 Å². The molecule has 0 bridgehead atoms. The van der Waals surface area contributed by atoms with Gasteiger partial charge in [-0.05, 0) is 36.8 Å². The Labute approximate surface area is 188 Å². The predicted octanol–water partition coefficient (Wildman–Crippen LogP) is 4.36. The normalized spacial score (nSPS) is 10.8. The van der Waals surface area contributed by atoms with Gasteiger partial charge in [0.1, 0.15) is 18.1 Å². The van der Waals surface area contributed by atoms with Crippen LogP contribution >= 0.6 is 11.6 Å². The third-order valence-electron chi connectivity index (χ3n) is 4.40. The van der Waals surface area contributed by atoms with E-state index in [0.29, 0.717) is 35.6 Å². The second-order valence-corrected chi connectivity index (χ2v) is 7.29. The summed E-state index contributed by atoms with van der Waals surface area (Å²) in [6, 6.07) is 11.3. The zero-order chi connectivity index (χ0) is 22.3. The number of hydrogen-bond acceptors (Lipinski definition) is 6. The van der Waals surface area contributed by atoms with Crippen molar-refractivity contribution in [2.45, 2.75) is 13.0 Å². The van der Waals surface area contributed by atoms with E-state index < -0.39 is 5.82 Å². The summed E-state index contributed by atoms with van der Waals surface area (Å²) >= 11 is 5.68. The number of aromatic nitrogens is 4. The van der Waals surface area contributed by atoms with E-state index in [1.165, 1.54) is 22.9 Å². The molecule has 0 unspecified atom stereocenters. The summed E-state index contributed by atoms with van der Waals surface area (Å²) in [6.07, 6.45) is 5.70. The van der Waals surface area contributed by atoms with Gasteiger partial charge in [-0.1, -0.05) is 6.07 Å². The molecular weight excluding hydrogens is 435 g/mol. The van der Waals surface area contributed by atoms with Crippen LogP contribution in [0.3, 0.4) is 0 Å². The average Bonchev–Trinajstić information content (AvgIpc) is 3.20. The number of halogens is 2. The van der Waals surface area contributed by atoms with Gasteiger partial charge in [0, 0.05) is 35.4 Å². The van der Waals surface area contributed by atoms with Crippen molar-refractivity contribution in [3.8, 4) is 5.75 Å². The fourth-order valence-electron chi connectivity index (χ4n) is 2.96. The summed E-state index contributed by atoms with van der Waals surface area (Å²) in [7, 11) is 0. The van der Waals surface area contributed by atoms with Crippen LogP contribution in [0.2, 0.25) is 0 Å². The highest BCUT2D eigenvalue weighted by molar-refractivity contribution is 6.17. The summed E-state index contributed by atoms with van der Waals surface area (Å²) < 4.78 is 20.4. The van der Waals surface area contributed by atoms with Gasteiger partial charge in [-0.25, -0.2) is 14.4 Å². The lowest BCUT2D eigenvalue weighted by Crippen LogP contribution is -2.19. The molecule has 0 saturated heterocycles. The van der Waals surface area contributed by atoms with Crippen LogP contribution in [-0.2, 0) is 11.3 Å². The van der Waals surface area contributed by atoms with Gasteiger partial charge in [0.15, 0.2) is 0 Å². The van der Waals surface area contributed by atoms with E-state index in [2.05, 4.69) is 25.7 Å². The van der Waals surface area contributed by atoms with E-state index in [1.54, 1.807) is 24.7 Å². The van der Waals surface area contributed by atoms with Gasteiger partial charge < -0.3 is 15.4 Å². The monoisotopic (exact) mass is 454 g/mol. The Balaban J connectivity index is 1.39. The van der Waals surface area contributed by atoms with Crippen molar-refractivity contribution in [2.75, 3.05) is 23.1 Å². The number of carbonyl (C=O) groups is 1. The van der Waals surface area contributed by atoms with Gasteiger partial charge in [-0.15, -0.1) is 11.6 Å². The van der Waals surface area contributed by atoms with Gasteiger partial charge in [-0.2, -0.15) is 5.10 Å². The molecule has 1 amide bonds. The molecule has 0 atom stereocenters. The standard InChI is InChI=1S/C22H20ClFN6O2/c23-7-2-8-32-19-6-5-15-11-25-22(29-20(15)10-19)28-18-12-26-30(13-18)14-21(31)27-17-4-1-3-16(24)9-17/h1,3-6,9-13H,2,7-8,14H2,(H,27,31)(H,25,28,29). The molecule has 0 spiro atoms. The van der Waals surface area contributed by atoms with Gasteiger partial charge in [0.25, 0.3) is 0 Å². The molecular formula is C22H20ClFN6O2. The molecule has 2 N–H and O–H groups in total. The zero-order valence-corrected chi connectivity index (χ0v) is 17.7. The van der Waals surface area contributed by atoms with Gasteiger partial charge in [-0.3, -0.25) is 9.48 Å². The first-order chi connectivity index (χ1) is 15.6. The maximum Gasteiger partial charge on any atom is 0.246 e. The number of nitrogens with zero attached hydrogens (tertiary/aromatic N) is 4. The Morgan fingerprint density at radius 3 is 2.91 bits per heavy atom. The Bertz CT molecular complexity index is 1230.